The number of nitrogens with one attached hydrogen (secondary N) is 2. The highest BCUT2D eigenvalue weighted by Gasteiger charge is 2.13. The minimum Gasteiger partial charge on any atom is -0.493 e. The van der Waals surface area contributed by atoms with E-state index < -0.39 is 0 Å². The van der Waals surface area contributed by atoms with Gasteiger partial charge in [0.15, 0.2) is 17.5 Å². The molecule has 0 aliphatic carbocycles. The van der Waals surface area contributed by atoms with Crippen LogP contribution in [0.1, 0.15) is 18.1 Å². The number of halogens is 2. The maximum absolute atomic E-state index is 13.8. The van der Waals surface area contributed by atoms with E-state index in [0.717, 1.165) is 5.56 Å². The average molecular weight is 503 g/mol. The Kier molecular flexibility index (Phi) is 10.4. The van der Waals surface area contributed by atoms with E-state index in [4.69, 9.17) is 14.2 Å². The van der Waals surface area contributed by atoms with Crippen molar-refractivity contribution in [1.29, 1.82) is 0 Å². The fraction of sp³-hybridized carbons (Fsp3) is 0.350. The number of ether oxygens (including phenoxy) is 3. The third-order valence-corrected chi connectivity index (χ3v) is 3.89. The summed E-state index contributed by atoms with van der Waals surface area (Å²) >= 11 is 0. The SMILES string of the molecule is CCNC(=NCc1cc(OC)c(OC)c(OC)c1)NCc1ccccc1F.I. The molecular formula is C20H27FIN3O3. The lowest BCUT2D eigenvalue weighted by Crippen LogP contribution is -2.37. The molecule has 2 rings (SSSR count). The van der Waals surface area contributed by atoms with Crippen LogP contribution in [0.25, 0.3) is 0 Å². The molecule has 0 bridgehead atoms. The van der Waals surface area contributed by atoms with Crippen molar-refractivity contribution in [3.63, 3.8) is 0 Å². The lowest BCUT2D eigenvalue weighted by Gasteiger charge is -2.14. The molecule has 0 amide bonds. The van der Waals surface area contributed by atoms with Crippen molar-refractivity contribution in [1.82, 2.24) is 10.6 Å². The van der Waals surface area contributed by atoms with Crippen molar-refractivity contribution in [2.45, 2.75) is 20.0 Å². The topological polar surface area (TPSA) is 64.1 Å². The molecule has 0 aliphatic rings. The van der Waals surface area contributed by atoms with Gasteiger partial charge in [0.1, 0.15) is 5.82 Å². The second-order valence-electron chi connectivity index (χ2n) is 5.67. The van der Waals surface area contributed by atoms with Crippen LogP contribution in [0.15, 0.2) is 41.4 Å². The van der Waals surface area contributed by atoms with Crippen molar-refractivity contribution in [3.05, 3.63) is 53.3 Å². The van der Waals surface area contributed by atoms with Gasteiger partial charge in [-0.25, -0.2) is 9.38 Å². The highest BCUT2D eigenvalue weighted by Crippen LogP contribution is 2.38. The number of methoxy groups -OCH3 is 3. The maximum Gasteiger partial charge on any atom is 0.203 e. The first-order valence-electron chi connectivity index (χ1n) is 8.67. The monoisotopic (exact) mass is 503 g/mol. The van der Waals surface area contributed by atoms with Gasteiger partial charge in [0.25, 0.3) is 0 Å². The van der Waals surface area contributed by atoms with Gasteiger partial charge >= 0.3 is 0 Å². The van der Waals surface area contributed by atoms with Crippen molar-refractivity contribution in [2.75, 3.05) is 27.9 Å². The fourth-order valence-corrected chi connectivity index (χ4v) is 2.56. The van der Waals surface area contributed by atoms with Crippen LogP contribution in [-0.2, 0) is 13.1 Å². The molecule has 28 heavy (non-hydrogen) atoms. The normalized spacial score (nSPS) is 10.7. The van der Waals surface area contributed by atoms with Crippen molar-refractivity contribution < 1.29 is 18.6 Å². The zero-order valence-corrected chi connectivity index (χ0v) is 18.9. The van der Waals surface area contributed by atoms with Crippen LogP contribution in [0, 0.1) is 5.82 Å². The lowest BCUT2D eigenvalue weighted by atomic mass is 10.2. The molecule has 6 nitrogen and oxygen atoms in total. The molecule has 0 aliphatic heterocycles. The van der Waals surface area contributed by atoms with Crippen molar-refractivity contribution in [2.24, 2.45) is 4.99 Å². The van der Waals surface area contributed by atoms with Crippen molar-refractivity contribution in [3.8, 4) is 17.2 Å². The van der Waals surface area contributed by atoms with Crippen LogP contribution >= 0.6 is 24.0 Å². The Hall–Kier alpha value is -2.23. The van der Waals surface area contributed by atoms with Gasteiger partial charge in [-0.15, -0.1) is 24.0 Å². The Morgan fingerprint density at radius 2 is 1.64 bits per heavy atom. The van der Waals surface area contributed by atoms with Crippen LogP contribution in [0.4, 0.5) is 4.39 Å². The Morgan fingerprint density at radius 1 is 1.00 bits per heavy atom. The highest BCUT2D eigenvalue weighted by atomic mass is 127. The number of aliphatic imine (C=N–C) groups is 1. The smallest absolute Gasteiger partial charge is 0.203 e. The summed E-state index contributed by atoms with van der Waals surface area (Å²) in [5.74, 6) is 2.04. The van der Waals surface area contributed by atoms with Gasteiger partial charge in [-0.05, 0) is 30.7 Å². The van der Waals surface area contributed by atoms with Gasteiger partial charge in [0.2, 0.25) is 5.75 Å². The molecule has 0 aromatic heterocycles. The first-order chi connectivity index (χ1) is 13.1. The standard InChI is InChI=1S/C20H26FN3O3.HI/c1-5-22-20(24-13-15-8-6-7-9-16(15)21)23-12-14-10-17(25-2)19(27-4)18(11-14)26-3;/h6-11H,5,12-13H2,1-4H3,(H2,22,23,24);1H. The van der Waals surface area contributed by atoms with Gasteiger partial charge in [0, 0.05) is 18.7 Å². The zero-order chi connectivity index (χ0) is 19.6. The number of hydrogen-bond acceptors (Lipinski definition) is 4. The number of benzene rings is 2. The molecular weight excluding hydrogens is 476 g/mol. The largest absolute Gasteiger partial charge is 0.493 e. The minimum atomic E-state index is -0.245. The summed E-state index contributed by atoms with van der Waals surface area (Å²) in [5.41, 5.74) is 1.48. The second-order valence-corrected chi connectivity index (χ2v) is 5.67. The van der Waals surface area contributed by atoms with Gasteiger partial charge in [0.05, 0.1) is 27.9 Å². The summed E-state index contributed by atoms with van der Waals surface area (Å²) in [6.45, 7) is 3.40. The molecule has 154 valence electrons. The number of hydrogen-bond donors (Lipinski definition) is 2. The summed E-state index contributed by atoms with van der Waals surface area (Å²) in [4.78, 5) is 4.55. The summed E-state index contributed by atoms with van der Waals surface area (Å²) in [6, 6.07) is 10.4. The van der Waals surface area contributed by atoms with Crippen LogP contribution < -0.4 is 24.8 Å². The van der Waals surface area contributed by atoms with E-state index in [-0.39, 0.29) is 29.8 Å². The van der Waals surface area contributed by atoms with Crippen LogP contribution in [-0.4, -0.2) is 33.8 Å². The molecule has 0 radical (unpaired) electrons. The molecule has 0 unspecified atom stereocenters. The Balaban J connectivity index is 0.00000392. The van der Waals surface area contributed by atoms with E-state index in [1.807, 2.05) is 19.1 Å². The summed E-state index contributed by atoms with van der Waals surface area (Å²) in [5, 5.41) is 6.29. The Morgan fingerprint density at radius 3 is 2.18 bits per heavy atom. The summed E-state index contributed by atoms with van der Waals surface area (Å²) in [7, 11) is 4.71. The average Bonchev–Trinajstić information content (AvgIpc) is 2.70. The van der Waals surface area contributed by atoms with Gasteiger partial charge in [-0.2, -0.15) is 0 Å². The molecule has 2 aromatic carbocycles. The van der Waals surface area contributed by atoms with Crippen LogP contribution in [0.5, 0.6) is 17.2 Å². The van der Waals surface area contributed by atoms with E-state index in [9.17, 15) is 4.39 Å². The quantitative estimate of drug-likeness (QED) is 0.327. The molecule has 2 aromatic rings. The van der Waals surface area contributed by atoms with Gasteiger partial charge < -0.3 is 24.8 Å². The van der Waals surface area contributed by atoms with Gasteiger partial charge in [-0.3, -0.25) is 0 Å². The molecule has 8 heteroatoms. The van der Waals surface area contributed by atoms with Crippen LogP contribution in [0.2, 0.25) is 0 Å². The molecule has 0 fully saturated rings. The van der Waals surface area contributed by atoms with E-state index in [1.165, 1.54) is 6.07 Å². The predicted octanol–water partition coefficient (Wildman–Crippen LogP) is 3.72. The molecule has 0 atom stereocenters. The fourth-order valence-electron chi connectivity index (χ4n) is 2.56. The van der Waals surface area contributed by atoms with Gasteiger partial charge in [-0.1, -0.05) is 18.2 Å². The number of guanidine groups is 1. The number of rotatable bonds is 8. The van der Waals surface area contributed by atoms with E-state index >= 15 is 0 Å². The second kappa shape index (κ2) is 12.3. The lowest BCUT2D eigenvalue weighted by molar-refractivity contribution is 0.324. The molecule has 0 saturated heterocycles. The van der Waals surface area contributed by atoms with E-state index in [1.54, 1.807) is 39.5 Å². The summed E-state index contributed by atoms with van der Waals surface area (Å²) < 4.78 is 29.8. The third-order valence-electron chi connectivity index (χ3n) is 3.89. The minimum absolute atomic E-state index is 0. The first-order valence-corrected chi connectivity index (χ1v) is 8.67. The Bertz CT molecular complexity index is 762. The predicted molar refractivity (Wildman–Crippen MR) is 120 cm³/mol. The molecule has 0 heterocycles. The maximum atomic E-state index is 13.8. The van der Waals surface area contributed by atoms with Crippen LogP contribution in [0.3, 0.4) is 0 Å². The molecule has 2 N–H and O–H groups in total. The van der Waals surface area contributed by atoms with Crippen molar-refractivity contribution >= 4 is 29.9 Å². The van der Waals surface area contributed by atoms with E-state index in [2.05, 4.69) is 15.6 Å². The summed E-state index contributed by atoms with van der Waals surface area (Å²) in [6.07, 6.45) is 0. The number of nitrogens with zero attached hydrogens (tertiary/aromatic N) is 1. The Labute approximate surface area is 182 Å². The zero-order valence-electron chi connectivity index (χ0n) is 16.5. The molecule has 0 saturated carbocycles. The first kappa shape index (κ1) is 23.8. The molecule has 0 spiro atoms. The highest BCUT2D eigenvalue weighted by molar-refractivity contribution is 14.0. The van der Waals surface area contributed by atoms with E-state index in [0.29, 0.717) is 48.4 Å². The third kappa shape index (κ3) is 6.43.